The number of aromatic nitrogens is 2. The van der Waals surface area contributed by atoms with E-state index in [0.717, 1.165) is 0 Å². The molecule has 0 aliphatic heterocycles. The monoisotopic (exact) mass is 142 g/mol. The average molecular weight is 142 g/mol. The van der Waals surface area contributed by atoms with Gasteiger partial charge < -0.3 is 14.8 Å². The van der Waals surface area contributed by atoms with E-state index in [-0.39, 0.29) is 13.2 Å². The quantitative estimate of drug-likeness (QED) is 0.580. The van der Waals surface area contributed by atoms with Gasteiger partial charge in [-0.1, -0.05) is 0 Å². The molecule has 1 heterocycles. The second-order valence-corrected chi connectivity index (χ2v) is 2.07. The van der Waals surface area contributed by atoms with Crippen molar-refractivity contribution in [1.82, 2.24) is 9.55 Å². The lowest BCUT2D eigenvalue weighted by molar-refractivity contribution is 0.251. The Bertz CT molecular complexity index is 220. The highest BCUT2D eigenvalue weighted by atomic mass is 16.3. The molecule has 0 saturated carbocycles. The van der Waals surface area contributed by atoms with Crippen LogP contribution in [0, 0.1) is 0 Å². The molecule has 1 rings (SSSR count). The van der Waals surface area contributed by atoms with Gasteiger partial charge in [-0.05, 0) is 0 Å². The van der Waals surface area contributed by atoms with E-state index in [1.165, 1.54) is 0 Å². The van der Waals surface area contributed by atoms with Gasteiger partial charge in [0.2, 0.25) is 0 Å². The minimum atomic E-state index is -0.114. The van der Waals surface area contributed by atoms with Crippen molar-refractivity contribution < 1.29 is 10.2 Å². The van der Waals surface area contributed by atoms with E-state index in [9.17, 15) is 0 Å². The van der Waals surface area contributed by atoms with Gasteiger partial charge in [0.1, 0.15) is 0 Å². The molecule has 0 amide bonds. The summed E-state index contributed by atoms with van der Waals surface area (Å²) >= 11 is 0. The summed E-state index contributed by atoms with van der Waals surface area (Å²) in [6.07, 6.45) is 1.57. The lowest BCUT2D eigenvalue weighted by Gasteiger charge is -1.97. The van der Waals surface area contributed by atoms with Gasteiger partial charge in [-0.15, -0.1) is 0 Å². The molecule has 0 radical (unpaired) electrons. The summed E-state index contributed by atoms with van der Waals surface area (Å²) < 4.78 is 1.69. The standard InChI is InChI=1S/C6H10N2O2/c1-8-4-7-5(2-9)6(8)3-10/h4,9-10H,2-3H2,1H3. The number of aryl methyl sites for hydroxylation is 1. The molecular weight excluding hydrogens is 132 g/mol. The normalized spacial score (nSPS) is 10.3. The number of hydrogen-bond donors (Lipinski definition) is 2. The first-order valence-electron chi connectivity index (χ1n) is 3.00. The highest BCUT2D eigenvalue weighted by Crippen LogP contribution is 2.04. The zero-order chi connectivity index (χ0) is 7.56. The highest BCUT2D eigenvalue weighted by Gasteiger charge is 2.04. The molecule has 0 spiro atoms. The number of hydrogen-bond acceptors (Lipinski definition) is 3. The smallest absolute Gasteiger partial charge is 0.0950 e. The first-order chi connectivity index (χ1) is 4.79. The van der Waals surface area contributed by atoms with Gasteiger partial charge in [0.25, 0.3) is 0 Å². The number of rotatable bonds is 2. The molecule has 0 aliphatic carbocycles. The minimum Gasteiger partial charge on any atom is -0.390 e. The van der Waals surface area contributed by atoms with Gasteiger partial charge in [-0.25, -0.2) is 4.98 Å². The van der Waals surface area contributed by atoms with Crippen LogP contribution in [0.3, 0.4) is 0 Å². The molecule has 0 saturated heterocycles. The fourth-order valence-electron chi connectivity index (χ4n) is 0.839. The van der Waals surface area contributed by atoms with Crippen molar-refractivity contribution in [1.29, 1.82) is 0 Å². The molecular formula is C6H10N2O2. The van der Waals surface area contributed by atoms with Crippen molar-refractivity contribution in [2.45, 2.75) is 13.2 Å². The molecule has 56 valence electrons. The molecule has 0 aliphatic rings. The summed E-state index contributed by atoms with van der Waals surface area (Å²) in [4.78, 5) is 3.86. The number of nitrogens with zero attached hydrogens (tertiary/aromatic N) is 2. The van der Waals surface area contributed by atoms with Gasteiger partial charge in [0.05, 0.1) is 30.9 Å². The second-order valence-electron chi connectivity index (χ2n) is 2.07. The number of aliphatic hydroxyl groups is 2. The Morgan fingerprint density at radius 1 is 1.50 bits per heavy atom. The fraction of sp³-hybridized carbons (Fsp3) is 0.500. The minimum absolute atomic E-state index is 0.0770. The zero-order valence-corrected chi connectivity index (χ0v) is 5.78. The Kier molecular flexibility index (Phi) is 2.03. The van der Waals surface area contributed by atoms with Gasteiger partial charge in [-0.2, -0.15) is 0 Å². The van der Waals surface area contributed by atoms with Crippen LogP contribution in [0.15, 0.2) is 6.33 Å². The van der Waals surface area contributed by atoms with Crippen molar-refractivity contribution in [2.24, 2.45) is 7.05 Å². The van der Waals surface area contributed by atoms with Crippen LogP contribution >= 0.6 is 0 Å². The summed E-state index contributed by atoms with van der Waals surface area (Å²) in [6.45, 7) is -0.191. The third-order valence-electron chi connectivity index (χ3n) is 1.45. The zero-order valence-electron chi connectivity index (χ0n) is 5.78. The maximum absolute atomic E-state index is 8.75. The van der Waals surface area contributed by atoms with E-state index >= 15 is 0 Å². The molecule has 0 bridgehead atoms. The van der Waals surface area contributed by atoms with Crippen LogP contribution in [-0.2, 0) is 20.3 Å². The molecule has 4 nitrogen and oxygen atoms in total. The molecule has 1 aromatic heterocycles. The Hall–Kier alpha value is -0.870. The van der Waals surface area contributed by atoms with E-state index < -0.39 is 0 Å². The lowest BCUT2D eigenvalue weighted by atomic mass is 10.3. The van der Waals surface area contributed by atoms with E-state index in [1.807, 2.05) is 0 Å². The summed E-state index contributed by atoms with van der Waals surface area (Å²) in [5, 5.41) is 17.4. The van der Waals surface area contributed by atoms with Crippen LogP contribution in [0.4, 0.5) is 0 Å². The molecule has 2 N–H and O–H groups in total. The lowest BCUT2D eigenvalue weighted by Crippen LogP contribution is -1.98. The molecule has 0 aromatic carbocycles. The summed E-state index contributed by atoms with van der Waals surface area (Å²) in [5.74, 6) is 0. The van der Waals surface area contributed by atoms with E-state index in [2.05, 4.69) is 4.98 Å². The van der Waals surface area contributed by atoms with Crippen LogP contribution < -0.4 is 0 Å². The molecule has 10 heavy (non-hydrogen) atoms. The van der Waals surface area contributed by atoms with Crippen molar-refractivity contribution in [2.75, 3.05) is 0 Å². The topological polar surface area (TPSA) is 58.3 Å². The molecule has 1 aromatic rings. The van der Waals surface area contributed by atoms with Crippen molar-refractivity contribution in [3.63, 3.8) is 0 Å². The van der Waals surface area contributed by atoms with Gasteiger partial charge in [0.15, 0.2) is 0 Å². The van der Waals surface area contributed by atoms with Crippen LogP contribution in [0.2, 0.25) is 0 Å². The largest absolute Gasteiger partial charge is 0.390 e. The van der Waals surface area contributed by atoms with Crippen molar-refractivity contribution in [3.05, 3.63) is 17.7 Å². The van der Waals surface area contributed by atoms with E-state index in [4.69, 9.17) is 10.2 Å². The summed E-state index contributed by atoms with van der Waals surface area (Å²) in [5.41, 5.74) is 1.22. The van der Waals surface area contributed by atoms with Gasteiger partial charge in [-0.3, -0.25) is 0 Å². The van der Waals surface area contributed by atoms with Gasteiger partial charge in [0, 0.05) is 7.05 Å². The third-order valence-corrected chi connectivity index (χ3v) is 1.45. The predicted molar refractivity (Wildman–Crippen MR) is 35.1 cm³/mol. The molecule has 0 atom stereocenters. The van der Waals surface area contributed by atoms with Crippen molar-refractivity contribution in [3.8, 4) is 0 Å². The summed E-state index contributed by atoms with van der Waals surface area (Å²) in [6, 6.07) is 0. The molecule has 0 fully saturated rings. The maximum Gasteiger partial charge on any atom is 0.0950 e. The van der Waals surface area contributed by atoms with E-state index in [1.54, 1.807) is 17.9 Å². The highest BCUT2D eigenvalue weighted by molar-refractivity contribution is 5.10. The Morgan fingerprint density at radius 2 is 2.20 bits per heavy atom. The number of imidazole rings is 1. The van der Waals surface area contributed by atoms with Crippen LogP contribution in [0.25, 0.3) is 0 Å². The second kappa shape index (κ2) is 2.81. The predicted octanol–water partition coefficient (Wildman–Crippen LogP) is -0.595. The Balaban J connectivity index is 3.01. The Morgan fingerprint density at radius 3 is 2.60 bits per heavy atom. The van der Waals surface area contributed by atoms with Crippen LogP contribution in [0.1, 0.15) is 11.4 Å². The number of aliphatic hydroxyl groups excluding tert-OH is 2. The maximum atomic E-state index is 8.75. The third kappa shape index (κ3) is 1.03. The van der Waals surface area contributed by atoms with Crippen molar-refractivity contribution >= 4 is 0 Å². The van der Waals surface area contributed by atoms with Crippen LogP contribution in [0.5, 0.6) is 0 Å². The molecule has 0 unspecified atom stereocenters. The van der Waals surface area contributed by atoms with Crippen LogP contribution in [-0.4, -0.2) is 19.8 Å². The average Bonchev–Trinajstić information content (AvgIpc) is 2.30. The SMILES string of the molecule is Cn1cnc(CO)c1CO. The molecule has 4 heteroatoms. The summed E-state index contributed by atoms with van der Waals surface area (Å²) in [7, 11) is 1.78. The fourth-order valence-corrected chi connectivity index (χ4v) is 0.839. The van der Waals surface area contributed by atoms with E-state index in [0.29, 0.717) is 11.4 Å². The Labute approximate surface area is 58.8 Å². The first kappa shape index (κ1) is 7.24. The van der Waals surface area contributed by atoms with Gasteiger partial charge >= 0.3 is 0 Å². The first-order valence-corrected chi connectivity index (χ1v) is 3.00.